The first-order valence-corrected chi connectivity index (χ1v) is 26.3. The van der Waals surface area contributed by atoms with E-state index in [0.717, 1.165) is 43.2 Å². The maximum atomic E-state index is 13.0. The third-order valence-corrected chi connectivity index (χ3v) is 19.1. The highest BCUT2D eigenvalue weighted by Gasteiger charge is 2.71. The van der Waals surface area contributed by atoms with Gasteiger partial charge in [-0.15, -0.1) is 0 Å². The summed E-state index contributed by atoms with van der Waals surface area (Å²) >= 11 is 0. The molecule has 0 radical (unpaired) electrons. The molecule has 11 rings (SSSR count). The van der Waals surface area contributed by atoms with E-state index >= 15 is 0 Å². The minimum atomic E-state index is -1.12. The van der Waals surface area contributed by atoms with Crippen LogP contribution in [0.5, 0.6) is 5.75 Å². The maximum Gasteiger partial charge on any atom is 0.331 e. The number of para-hydroxylation sites is 1. The molecule has 70 heavy (non-hydrogen) atoms. The second-order valence-electron chi connectivity index (χ2n) is 22.9. The van der Waals surface area contributed by atoms with Crippen molar-refractivity contribution in [3.8, 4) is 5.75 Å². The Labute approximate surface area is 411 Å². The van der Waals surface area contributed by atoms with Gasteiger partial charge in [0.15, 0.2) is 25.2 Å². The molecule has 5 aliphatic heterocycles. The number of esters is 1. The number of fused-ring (bicyclic) bond motifs is 6. The van der Waals surface area contributed by atoms with Gasteiger partial charge in [-0.1, -0.05) is 62.4 Å². The van der Waals surface area contributed by atoms with Crippen molar-refractivity contribution >= 4 is 5.97 Å². The predicted molar refractivity (Wildman–Crippen MR) is 250 cm³/mol. The summed E-state index contributed by atoms with van der Waals surface area (Å²) in [7, 11) is 0. The molecule has 0 amide bonds. The fraction of sp³-hybridized carbons (Fsp3) is 0.727. The molecule has 15 nitrogen and oxygen atoms in total. The van der Waals surface area contributed by atoms with Crippen LogP contribution >= 0.6 is 0 Å². The summed E-state index contributed by atoms with van der Waals surface area (Å²) in [5.74, 6) is -0.0694. The van der Waals surface area contributed by atoms with Crippen LogP contribution in [0, 0.1) is 34.5 Å². The Morgan fingerprint density at radius 2 is 1.34 bits per heavy atom. The number of carbonyl (C=O) groups is 1. The molecule has 0 aromatic heterocycles. The van der Waals surface area contributed by atoms with E-state index in [1.165, 1.54) is 0 Å². The first kappa shape index (κ1) is 49.2. The number of benzene rings is 2. The molecule has 8 fully saturated rings. The van der Waals surface area contributed by atoms with E-state index in [2.05, 4.69) is 6.92 Å². The molecule has 2 aromatic rings. The topological polar surface area (TPSA) is 201 Å². The first-order chi connectivity index (χ1) is 33.5. The second-order valence-corrected chi connectivity index (χ2v) is 22.9. The molecule has 23 atom stereocenters. The lowest BCUT2D eigenvalue weighted by Gasteiger charge is -2.65. The summed E-state index contributed by atoms with van der Waals surface area (Å²) in [5, 5.41) is 58.7. The first-order valence-electron chi connectivity index (χ1n) is 26.3. The third kappa shape index (κ3) is 8.59. The molecular weight excluding hydrogens is 901 g/mol. The van der Waals surface area contributed by atoms with Gasteiger partial charge in [0.05, 0.1) is 54.4 Å². The Hall–Kier alpha value is -3.03. The summed E-state index contributed by atoms with van der Waals surface area (Å²) in [6.45, 7) is 10.0. The number of aliphatic hydroxyl groups is 4. The third-order valence-electron chi connectivity index (χ3n) is 19.1. The largest absolute Gasteiger partial charge is 0.508 e. The highest BCUT2D eigenvalue weighted by atomic mass is 16.8. The molecule has 4 saturated heterocycles. The fourth-order valence-electron chi connectivity index (χ4n) is 15.4. The molecule has 0 spiro atoms. The molecule has 5 heterocycles. The van der Waals surface area contributed by atoms with Gasteiger partial charge in [0.1, 0.15) is 30.2 Å². The Morgan fingerprint density at radius 1 is 0.686 bits per heavy atom. The summed E-state index contributed by atoms with van der Waals surface area (Å²) < 4.78 is 56.6. The normalized spacial score (nSPS) is 49.0. The molecule has 384 valence electrons. The SMILES string of the molecule is C[C@H]1OC(O[C@H]2[C@@H](O)CC(O[C@H]3[C@@H](O)CC(O[C@H]4CC[C@@]5(C)[C@H](CC[C@@H]6[C@@H]5C[C@@H](O)[C@]5(C)[C@@H](C7=CC(=O)OC7Cc7ccccc7O)CC[C@]65O)C4)O[C@@H]3C)O[C@@H]2C)C[C@@H]2OC(c3ccccc3)O[C@@H]21. The van der Waals surface area contributed by atoms with Gasteiger partial charge in [0.2, 0.25) is 0 Å². The molecule has 4 aliphatic carbocycles. The maximum absolute atomic E-state index is 13.0. The number of cyclic esters (lactones) is 1. The van der Waals surface area contributed by atoms with Gasteiger partial charge < -0.3 is 68.2 Å². The number of hydrogen-bond acceptors (Lipinski definition) is 15. The lowest BCUT2D eigenvalue weighted by atomic mass is 9.42. The smallest absolute Gasteiger partial charge is 0.331 e. The van der Waals surface area contributed by atoms with Crippen molar-refractivity contribution in [1.29, 1.82) is 0 Å². The number of carbonyl (C=O) groups excluding carboxylic acids is 1. The van der Waals surface area contributed by atoms with Gasteiger partial charge in [-0.2, -0.15) is 0 Å². The van der Waals surface area contributed by atoms with Crippen LogP contribution < -0.4 is 0 Å². The van der Waals surface area contributed by atoms with Crippen LogP contribution in [-0.2, 0) is 53.8 Å². The van der Waals surface area contributed by atoms with Crippen LogP contribution in [0.25, 0.3) is 0 Å². The Balaban J connectivity index is 0.667. The monoisotopic (exact) mass is 975 g/mol. The van der Waals surface area contributed by atoms with Gasteiger partial charge in [-0.05, 0) is 118 Å². The van der Waals surface area contributed by atoms with Crippen LogP contribution in [-0.4, -0.2) is 129 Å². The highest BCUT2D eigenvalue weighted by Crippen LogP contribution is 2.70. The summed E-state index contributed by atoms with van der Waals surface area (Å²) in [6.07, 6.45) is -0.131. The summed E-state index contributed by atoms with van der Waals surface area (Å²) in [4.78, 5) is 12.8. The van der Waals surface area contributed by atoms with Crippen molar-refractivity contribution in [3.63, 3.8) is 0 Å². The predicted octanol–water partition coefficient (Wildman–Crippen LogP) is 6.30. The number of aliphatic hydroxyl groups excluding tert-OH is 3. The van der Waals surface area contributed by atoms with Crippen LogP contribution in [0.4, 0.5) is 0 Å². The van der Waals surface area contributed by atoms with Crippen LogP contribution in [0.3, 0.4) is 0 Å². The zero-order valence-electron chi connectivity index (χ0n) is 41.1. The Bertz CT molecular complexity index is 2200. The quantitative estimate of drug-likeness (QED) is 0.131. The van der Waals surface area contributed by atoms with Gasteiger partial charge in [-0.3, -0.25) is 0 Å². The zero-order valence-corrected chi connectivity index (χ0v) is 41.1. The number of phenolic OH excluding ortho intramolecular Hbond substituents is 1. The number of ether oxygens (including phenoxy) is 9. The standard InChI is InChI=1S/C55H74O15/c1-28-49(68-47-26-41(58)50(29(2)63-47)69-48-27-43-51(30(3)64-48)70-52(67-43)31-11-7-6-8-12-31)40(57)25-46(62-28)65-34-17-19-53(4)33(22-34)15-16-37-38(53)24-44(59)54(5)36(18-20-55(37,54)61)35-23-45(60)66-42(35)21-32-13-9-10-14-39(32)56/h6-14,23,28-30,33-34,36-38,40-44,46-52,56-59,61H,15-22,24-27H2,1-5H3/t28-,29-,30-,33-,34+,36-,37-,38+,40+,41+,42?,43+,44-,46?,47?,48?,49-,50-,51-,52?,53+,54+,55+/m1/s1. The lowest BCUT2D eigenvalue weighted by molar-refractivity contribution is -0.334. The van der Waals surface area contributed by atoms with E-state index in [9.17, 15) is 30.3 Å². The van der Waals surface area contributed by atoms with Crippen molar-refractivity contribution < 1.29 is 73.0 Å². The van der Waals surface area contributed by atoms with Crippen LogP contribution in [0.1, 0.15) is 123 Å². The van der Waals surface area contributed by atoms with E-state index in [0.29, 0.717) is 43.6 Å². The highest BCUT2D eigenvalue weighted by molar-refractivity contribution is 5.86. The minimum absolute atomic E-state index is 0.000913. The van der Waals surface area contributed by atoms with Gasteiger partial charge in [-0.25, -0.2) is 4.79 Å². The van der Waals surface area contributed by atoms with E-state index in [1.54, 1.807) is 18.2 Å². The molecule has 5 unspecified atom stereocenters. The van der Waals surface area contributed by atoms with E-state index < -0.39 is 91.0 Å². The molecule has 2 aromatic carbocycles. The average molecular weight is 975 g/mol. The van der Waals surface area contributed by atoms with Crippen molar-refractivity contribution in [1.82, 2.24) is 0 Å². The number of phenols is 1. The van der Waals surface area contributed by atoms with Crippen molar-refractivity contribution in [2.75, 3.05) is 0 Å². The van der Waals surface area contributed by atoms with Gasteiger partial charge >= 0.3 is 5.97 Å². The van der Waals surface area contributed by atoms with Crippen molar-refractivity contribution in [2.45, 2.75) is 216 Å². The molecular formula is C55H74O15. The number of aromatic hydroxyl groups is 1. The molecule has 5 N–H and O–H groups in total. The summed E-state index contributed by atoms with van der Waals surface area (Å²) in [5.41, 5.74) is 0.350. The minimum Gasteiger partial charge on any atom is -0.508 e. The van der Waals surface area contributed by atoms with E-state index in [4.69, 9.17) is 42.6 Å². The number of hydrogen-bond donors (Lipinski definition) is 5. The van der Waals surface area contributed by atoms with Gasteiger partial charge in [0, 0.05) is 42.7 Å². The number of rotatable bonds is 10. The van der Waals surface area contributed by atoms with E-state index in [-0.39, 0.29) is 66.2 Å². The average Bonchev–Trinajstić information content (AvgIpc) is 4.01. The fourth-order valence-corrected chi connectivity index (χ4v) is 15.4. The molecule has 0 bridgehead atoms. The molecule has 15 heteroatoms. The van der Waals surface area contributed by atoms with E-state index in [1.807, 2.05) is 70.2 Å². The van der Waals surface area contributed by atoms with Crippen molar-refractivity contribution in [2.24, 2.45) is 34.5 Å². The van der Waals surface area contributed by atoms with Gasteiger partial charge in [0.25, 0.3) is 0 Å². The lowest BCUT2D eigenvalue weighted by Crippen LogP contribution is -2.67. The van der Waals surface area contributed by atoms with Crippen LogP contribution in [0.2, 0.25) is 0 Å². The molecule has 9 aliphatic rings. The Kier molecular flexibility index (Phi) is 13.4. The van der Waals surface area contributed by atoms with Crippen molar-refractivity contribution in [3.05, 3.63) is 77.4 Å². The summed E-state index contributed by atoms with van der Waals surface area (Å²) in [6, 6.07) is 16.9. The second kappa shape index (κ2) is 19.0. The van der Waals surface area contributed by atoms with Crippen LogP contribution in [0.15, 0.2) is 66.2 Å². The Morgan fingerprint density at radius 3 is 2.04 bits per heavy atom. The molecule has 4 saturated carbocycles. The zero-order chi connectivity index (χ0) is 48.9.